The summed E-state index contributed by atoms with van der Waals surface area (Å²) < 4.78 is 16.7. The third kappa shape index (κ3) is 1.74. The molecule has 0 radical (unpaired) electrons. The standard InChI is InChI=1S/C19H19NO4/c1-22-13-3-2-12-4-6-20-7-5-16(21)14-8-17-18(24-11-23-17)9-15(14)19(12,20)10-13/h2-4,8-9,13H,5-7,10-11H2,1H3. The van der Waals surface area contributed by atoms with Crippen LogP contribution in [0.25, 0.3) is 0 Å². The lowest BCUT2D eigenvalue weighted by atomic mass is 9.73. The van der Waals surface area contributed by atoms with Gasteiger partial charge in [0.1, 0.15) is 0 Å². The Kier molecular flexibility index (Phi) is 2.94. The van der Waals surface area contributed by atoms with Crippen molar-refractivity contribution < 1.29 is 19.0 Å². The minimum Gasteiger partial charge on any atom is -0.454 e. The smallest absolute Gasteiger partial charge is 0.231 e. The van der Waals surface area contributed by atoms with Gasteiger partial charge in [-0.3, -0.25) is 9.69 Å². The highest BCUT2D eigenvalue weighted by molar-refractivity contribution is 5.99. The van der Waals surface area contributed by atoms with Crippen LogP contribution >= 0.6 is 0 Å². The molecule has 0 amide bonds. The summed E-state index contributed by atoms with van der Waals surface area (Å²) >= 11 is 0. The number of carbonyl (C=O) groups excluding carboxylic acids is 1. The molecule has 0 saturated carbocycles. The number of nitrogens with zero attached hydrogens (tertiary/aromatic N) is 1. The van der Waals surface area contributed by atoms with Crippen molar-refractivity contribution in [1.29, 1.82) is 0 Å². The molecule has 0 N–H and O–H groups in total. The lowest BCUT2D eigenvalue weighted by molar-refractivity contribution is 0.0583. The van der Waals surface area contributed by atoms with E-state index >= 15 is 0 Å². The largest absolute Gasteiger partial charge is 0.454 e. The van der Waals surface area contributed by atoms with Gasteiger partial charge in [-0.25, -0.2) is 0 Å². The molecule has 1 aromatic carbocycles. The maximum absolute atomic E-state index is 12.8. The fraction of sp³-hybridized carbons (Fsp3) is 0.421. The normalized spacial score (nSPS) is 30.5. The monoisotopic (exact) mass is 325 g/mol. The number of ether oxygens (including phenoxy) is 3. The van der Waals surface area contributed by atoms with Crippen LogP contribution < -0.4 is 9.47 Å². The zero-order chi connectivity index (χ0) is 16.3. The van der Waals surface area contributed by atoms with Gasteiger partial charge >= 0.3 is 0 Å². The van der Waals surface area contributed by atoms with Crippen molar-refractivity contribution >= 4 is 5.78 Å². The summed E-state index contributed by atoms with van der Waals surface area (Å²) in [6.45, 7) is 1.83. The second-order valence-electron chi connectivity index (χ2n) is 6.73. The molecule has 1 aromatic rings. The summed E-state index contributed by atoms with van der Waals surface area (Å²) in [4.78, 5) is 15.2. The Balaban J connectivity index is 1.77. The van der Waals surface area contributed by atoms with Crippen LogP contribution in [0.1, 0.15) is 28.8 Å². The van der Waals surface area contributed by atoms with E-state index in [1.165, 1.54) is 5.57 Å². The quantitative estimate of drug-likeness (QED) is 0.793. The molecule has 2 atom stereocenters. The van der Waals surface area contributed by atoms with E-state index in [0.29, 0.717) is 12.2 Å². The summed E-state index contributed by atoms with van der Waals surface area (Å²) in [6.07, 6.45) is 7.91. The third-order valence-corrected chi connectivity index (χ3v) is 5.71. The number of fused-ring (bicyclic) bond motifs is 2. The molecule has 1 aliphatic carbocycles. The van der Waals surface area contributed by atoms with Gasteiger partial charge in [0.2, 0.25) is 6.79 Å². The average Bonchev–Trinajstić information content (AvgIpc) is 3.19. The fourth-order valence-electron chi connectivity index (χ4n) is 4.50. The van der Waals surface area contributed by atoms with Crippen molar-refractivity contribution in [1.82, 2.24) is 4.90 Å². The second kappa shape index (κ2) is 4.94. The van der Waals surface area contributed by atoms with E-state index in [0.717, 1.165) is 36.4 Å². The summed E-state index contributed by atoms with van der Waals surface area (Å²) in [5.41, 5.74) is 2.74. The summed E-state index contributed by atoms with van der Waals surface area (Å²) in [5, 5.41) is 0. The molecule has 0 bridgehead atoms. The zero-order valence-electron chi connectivity index (χ0n) is 13.6. The zero-order valence-corrected chi connectivity index (χ0v) is 13.6. The van der Waals surface area contributed by atoms with Crippen LogP contribution in [0.5, 0.6) is 11.5 Å². The molecular weight excluding hydrogens is 306 g/mol. The van der Waals surface area contributed by atoms with Crippen LogP contribution in [-0.2, 0) is 10.3 Å². The molecule has 0 aromatic heterocycles. The Morgan fingerprint density at radius 1 is 1.29 bits per heavy atom. The van der Waals surface area contributed by atoms with E-state index in [2.05, 4.69) is 23.1 Å². The molecule has 3 aliphatic heterocycles. The van der Waals surface area contributed by atoms with Gasteiger partial charge in [-0.2, -0.15) is 0 Å². The molecule has 3 heterocycles. The maximum atomic E-state index is 12.8. The van der Waals surface area contributed by atoms with Crippen molar-refractivity contribution in [2.24, 2.45) is 0 Å². The van der Waals surface area contributed by atoms with Gasteiger partial charge in [0.05, 0.1) is 11.6 Å². The van der Waals surface area contributed by atoms with Crippen LogP contribution in [-0.4, -0.2) is 43.8 Å². The Hall–Kier alpha value is -2.11. The maximum Gasteiger partial charge on any atom is 0.231 e. The highest BCUT2D eigenvalue weighted by atomic mass is 16.7. The van der Waals surface area contributed by atoms with Gasteiger partial charge in [-0.1, -0.05) is 18.2 Å². The number of Topliss-reactive ketones (excluding diaryl/α,β-unsaturated/α-hetero) is 1. The molecule has 0 saturated heterocycles. The Morgan fingerprint density at radius 3 is 2.96 bits per heavy atom. The van der Waals surface area contributed by atoms with Crippen LogP contribution in [0.4, 0.5) is 0 Å². The van der Waals surface area contributed by atoms with Crippen molar-refractivity contribution in [3.63, 3.8) is 0 Å². The lowest BCUT2D eigenvalue weighted by Gasteiger charge is -2.44. The molecule has 2 unspecified atom stereocenters. The first-order valence-corrected chi connectivity index (χ1v) is 8.36. The molecule has 0 fully saturated rings. The van der Waals surface area contributed by atoms with E-state index in [1.54, 1.807) is 7.11 Å². The molecule has 124 valence electrons. The average molecular weight is 325 g/mol. The van der Waals surface area contributed by atoms with E-state index in [4.69, 9.17) is 14.2 Å². The van der Waals surface area contributed by atoms with Gasteiger partial charge in [-0.05, 0) is 23.3 Å². The molecule has 5 heteroatoms. The number of carbonyl (C=O) groups is 1. The van der Waals surface area contributed by atoms with Gasteiger partial charge in [-0.15, -0.1) is 0 Å². The molecule has 5 rings (SSSR count). The Labute approximate surface area is 140 Å². The van der Waals surface area contributed by atoms with Crippen molar-refractivity contribution in [2.45, 2.75) is 24.5 Å². The van der Waals surface area contributed by atoms with Crippen LogP contribution in [0, 0.1) is 0 Å². The van der Waals surface area contributed by atoms with Crippen molar-refractivity contribution in [3.8, 4) is 11.5 Å². The molecule has 5 nitrogen and oxygen atoms in total. The predicted molar refractivity (Wildman–Crippen MR) is 87.4 cm³/mol. The second-order valence-corrected chi connectivity index (χ2v) is 6.73. The lowest BCUT2D eigenvalue weighted by Crippen LogP contribution is -2.47. The number of methoxy groups -OCH3 is 1. The predicted octanol–water partition coefficient (Wildman–Crippen LogP) is 2.41. The van der Waals surface area contributed by atoms with Crippen molar-refractivity contribution in [2.75, 3.05) is 27.0 Å². The van der Waals surface area contributed by atoms with Gasteiger partial charge in [0, 0.05) is 38.6 Å². The summed E-state index contributed by atoms with van der Waals surface area (Å²) in [5.74, 6) is 1.58. The number of hydrogen-bond donors (Lipinski definition) is 0. The van der Waals surface area contributed by atoms with E-state index in [1.807, 2.05) is 12.1 Å². The SMILES string of the molecule is COC1C=CC2=CCN3CCC(=O)c4cc5c(cc4C23C1)OCO5. The Morgan fingerprint density at radius 2 is 2.12 bits per heavy atom. The van der Waals surface area contributed by atoms with E-state index in [9.17, 15) is 4.79 Å². The summed E-state index contributed by atoms with van der Waals surface area (Å²) in [7, 11) is 1.74. The van der Waals surface area contributed by atoms with Crippen LogP contribution in [0.3, 0.4) is 0 Å². The minimum atomic E-state index is -0.308. The molecule has 24 heavy (non-hydrogen) atoms. The minimum absolute atomic E-state index is 0.0363. The first-order valence-electron chi connectivity index (χ1n) is 8.36. The topological polar surface area (TPSA) is 48.0 Å². The highest BCUT2D eigenvalue weighted by Crippen LogP contribution is 2.52. The number of benzene rings is 1. The first kappa shape index (κ1) is 14.3. The number of hydrogen-bond acceptors (Lipinski definition) is 5. The van der Waals surface area contributed by atoms with Gasteiger partial charge in [0.25, 0.3) is 0 Å². The number of ketones is 1. The Bertz CT molecular complexity index is 797. The highest BCUT2D eigenvalue weighted by Gasteiger charge is 2.50. The van der Waals surface area contributed by atoms with Crippen molar-refractivity contribution in [3.05, 3.63) is 47.1 Å². The first-order chi connectivity index (χ1) is 11.7. The molecule has 1 spiro atoms. The number of rotatable bonds is 1. The van der Waals surface area contributed by atoms with E-state index in [-0.39, 0.29) is 24.2 Å². The summed E-state index contributed by atoms with van der Waals surface area (Å²) in [6, 6.07) is 3.88. The van der Waals surface area contributed by atoms with Gasteiger partial charge in [0.15, 0.2) is 17.3 Å². The van der Waals surface area contributed by atoms with Gasteiger partial charge < -0.3 is 14.2 Å². The van der Waals surface area contributed by atoms with Crippen LogP contribution in [0.2, 0.25) is 0 Å². The van der Waals surface area contributed by atoms with E-state index < -0.39 is 0 Å². The third-order valence-electron chi connectivity index (χ3n) is 5.71. The fourth-order valence-corrected chi connectivity index (χ4v) is 4.50. The molecular formula is C19H19NO4. The molecule has 4 aliphatic rings. The van der Waals surface area contributed by atoms with Crippen LogP contribution in [0.15, 0.2) is 35.9 Å².